The number of aliphatic hydroxyl groups is 1. The van der Waals surface area contributed by atoms with E-state index in [1.54, 1.807) is 23.9 Å². The minimum atomic E-state index is -3.50. The number of hydrogen-bond donors (Lipinski definition) is 1. The molecule has 2 rings (SSSR count). The first-order valence-corrected chi connectivity index (χ1v) is 8.80. The van der Waals surface area contributed by atoms with E-state index in [1.807, 2.05) is 6.92 Å². The highest BCUT2D eigenvalue weighted by molar-refractivity contribution is 7.89. The number of hydrogen-bond acceptors (Lipinski definition) is 4. The summed E-state index contributed by atoms with van der Waals surface area (Å²) in [5.74, 6) is 0. The zero-order valence-electron chi connectivity index (χ0n) is 13.0. The van der Waals surface area contributed by atoms with Gasteiger partial charge in [0.2, 0.25) is 10.0 Å². The van der Waals surface area contributed by atoms with Crippen LogP contribution < -0.4 is 0 Å². The Balaban J connectivity index is 2.22. The van der Waals surface area contributed by atoms with E-state index >= 15 is 0 Å². The van der Waals surface area contributed by atoms with Gasteiger partial charge in [0.15, 0.2) is 0 Å². The molecule has 1 aliphatic rings. The lowest BCUT2D eigenvalue weighted by Crippen LogP contribution is -2.44. The van der Waals surface area contributed by atoms with Crippen LogP contribution in [0, 0.1) is 0 Å². The maximum atomic E-state index is 12.7. The lowest BCUT2D eigenvalue weighted by molar-refractivity contribution is 0.197. The molecule has 1 aromatic heterocycles. The first-order valence-electron chi connectivity index (χ1n) is 7.36. The first-order chi connectivity index (χ1) is 9.90. The molecule has 21 heavy (non-hydrogen) atoms. The van der Waals surface area contributed by atoms with Gasteiger partial charge in [-0.25, -0.2) is 8.42 Å². The number of aliphatic hydroxyl groups excluding tert-OH is 1. The molecule has 0 aliphatic carbocycles. The summed E-state index contributed by atoms with van der Waals surface area (Å²) in [6.45, 7) is 4.26. The zero-order chi connectivity index (χ0) is 15.6. The first kappa shape index (κ1) is 16.5. The van der Waals surface area contributed by atoms with Gasteiger partial charge in [0, 0.05) is 31.5 Å². The predicted molar refractivity (Wildman–Crippen MR) is 81.5 cm³/mol. The molecule has 1 fully saturated rings. The molecule has 0 aromatic carbocycles. The second-order valence-electron chi connectivity index (χ2n) is 5.67. The van der Waals surface area contributed by atoms with E-state index in [0.29, 0.717) is 12.2 Å². The fourth-order valence-corrected chi connectivity index (χ4v) is 4.30. The van der Waals surface area contributed by atoms with Crippen LogP contribution in [-0.2, 0) is 23.2 Å². The molecule has 120 valence electrons. The molecule has 1 aromatic rings. The third kappa shape index (κ3) is 3.31. The lowest BCUT2D eigenvalue weighted by atomic mass is 10.1. The van der Waals surface area contributed by atoms with E-state index in [9.17, 15) is 13.5 Å². The molecule has 1 N–H and O–H groups in total. The maximum absolute atomic E-state index is 12.7. The van der Waals surface area contributed by atoms with Gasteiger partial charge in [0.05, 0.1) is 6.61 Å². The molecule has 1 aliphatic heterocycles. The van der Waals surface area contributed by atoms with Gasteiger partial charge in [0.1, 0.15) is 4.90 Å². The average molecular weight is 315 g/mol. The molecule has 2 heterocycles. The van der Waals surface area contributed by atoms with Crippen molar-refractivity contribution < 1.29 is 13.5 Å². The van der Waals surface area contributed by atoms with Crippen molar-refractivity contribution in [1.29, 1.82) is 0 Å². The van der Waals surface area contributed by atoms with Crippen molar-refractivity contribution in [1.82, 2.24) is 13.8 Å². The normalized spacial score (nSPS) is 18.5. The minimum Gasteiger partial charge on any atom is -0.390 e. The van der Waals surface area contributed by atoms with Crippen LogP contribution in [0.4, 0.5) is 0 Å². The zero-order valence-corrected chi connectivity index (χ0v) is 13.8. The van der Waals surface area contributed by atoms with Crippen molar-refractivity contribution in [3.8, 4) is 0 Å². The molecule has 0 amide bonds. The number of sulfonamides is 1. The standard InChI is InChI=1S/C14H25N3O3S/c1-4-17-10-14(9-13(17)11-18)21(19,20)16(3)12-5-7-15(2)8-6-12/h9-10,12,18H,4-8,11H2,1-3H3. The molecular formula is C14H25N3O3S. The molecule has 1 saturated heterocycles. The Morgan fingerprint density at radius 2 is 2.00 bits per heavy atom. The predicted octanol–water partition coefficient (Wildman–Crippen LogP) is 0.715. The Morgan fingerprint density at radius 1 is 1.38 bits per heavy atom. The fraction of sp³-hybridized carbons (Fsp3) is 0.714. The monoisotopic (exact) mass is 315 g/mol. The van der Waals surface area contributed by atoms with Crippen LogP contribution in [0.3, 0.4) is 0 Å². The molecule has 0 atom stereocenters. The van der Waals surface area contributed by atoms with Crippen molar-refractivity contribution in [3.05, 3.63) is 18.0 Å². The van der Waals surface area contributed by atoms with E-state index in [2.05, 4.69) is 11.9 Å². The van der Waals surface area contributed by atoms with Gasteiger partial charge in [-0.15, -0.1) is 0 Å². The van der Waals surface area contributed by atoms with Crippen molar-refractivity contribution in [2.24, 2.45) is 0 Å². The maximum Gasteiger partial charge on any atom is 0.244 e. The van der Waals surface area contributed by atoms with E-state index in [1.165, 1.54) is 4.31 Å². The highest BCUT2D eigenvalue weighted by atomic mass is 32.2. The molecule has 0 radical (unpaired) electrons. The van der Waals surface area contributed by atoms with Crippen molar-refractivity contribution in [3.63, 3.8) is 0 Å². The van der Waals surface area contributed by atoms with Crippen LogP contribution in [0.25, 0.3) is 0 Å². The number of piperidine rings is 1. The average Bonchev–Trinajstić information content (AvgIpc) is 2.91. The number of aromatic nitrogens is 1. The Kier molecular flexibility index (Phi) is 5.08. The van der Waals surface area contributed by atoms with Crippen LogP contribution in [0.15, 0.2) is 17.2 Å². The summed E-state index contributed by atoms with van der Waals surface area (Å²) in [5.41, 5.74) is 0.632. The number of aryl methyl sites for hydroxylation is 1. The topological polar surface area (TPSA) is 65.8 Å². The Labute approximate surface area is 127 Å². The number of likely N-dealkylation sites (tertiary alicyclic amines) is 1. The van der Waals surface area contributed by atoms with Crippen molar-refractivity contribution >= 4 is 10.0 Å². The van der Waals surface area contributed by atoms with Gasteiger partial charge >= 0.3 is 0 Å². The van der Waals surface area contributed by atoms with Crippen LogP contribution in [0.2, 0.25) is 0 Å². The van der Waals surface area contributed by atoms with Gasteiger partial charge in [-0.1, -0.05) is 0 Å². The van der Waals surface area contributed by atoms with Gasteiger partial charge < -0.3 is 14.6 Å². The molecule has 0 bridgehead atoms. The SMILES string of the molecule is CCn1cc(S(=O)(=O)N(C)C2CCN(C)CC2)cc1CO. The quantitative estimate of drug-likeness (QED) is 0.869. The Bertz CT molecular complexity index is 553. The minimum absolute atomic E-state index is 0.0498. The van der Waals surface area contributed by atoms with Gasteiger partial charge in [-0.3, -0.25) is 0 Å². The third-order valence-corrected chi connectivity index (χ3v) is 6.22. The van der Waals surface area contributed by atoms with Crippen LogP contribution in [0.5, 0.6) is 0 Å². The smallest absolute Gasteiger partial charge is 0.244 e. The molecular weight excluding hydrogens is 290 g/mol. The summed E-state index contributed by atoms with van der Waals surface area (Å²) < 4.78 is 28.7. The van der Waals surface area contributed by atoms with E-state index < -0.39 is 10.0 Å². The number of nitrogens with zero attached hydrogens (tertiary/aromatic N) is 3. The van der Waals surface area contributed by atoms with Crippen molar-refractivity contribution in [2.75, 3.05) is 27.2 Å². The molecule has 6 nitrogen and oxygen atoms in total. The van der Waals surface area contributed by atoms with Gasteiger partial charge in [0.25, 0.3) is 0 Å². The summed E-state index contributed by atoms with van der Waals surface area (Å²) in [4.78, 5) is 2.49. The largest absolute Gasteiger partial charge is 0.390 e. The van der Waals surface area contributed by atoms with E-state index in [4.69, 9.17) is 0 Å². The number of rotatable bonds is 5. The highest BCUT2D eigenvalue weighted by Crippen LogP contribution is 2.24. The summed E-state index contributed by atoms with van der Waals surface area (Å²) in [5, 5.41) is 9.31. The molecule has 0 saturated carbocycles. The molecule has 0 unspecified atom stereocenters. The summed E-state index contributed by atoms with van der Waals surface area (Å²) in [6, 6.07) is 1.62. The summed E-state index contributed by atoms with van der Waals surface area (Å²) in [7, 11) is 0.220. The summed E-state index contributed by atoms with van der Waals surface area (Å²) in [6.07, 6.45) is 3.33. The van der Waals surface area contributed by atoms with Gasteiger partial charge in [-0.2, -0.15) is 4.31 Å². The lowest BCUT2D eigenvalue weighted by Gasteiger charge is -2.34. The van der Waals surface area contributed by atoms with Crippen LogP contribution in [-0.4, -0.2) is 60.5 Å². The Hall–Kier alpha value is -0.890. The fourth-order valence-electron chi connectivity index (χ4n) is 2.81. The third-order valence-electron chi connectivity index (χ3n) is 4.34. The van der Waals surface area contributed by atoms with Crippen LogP contribution >= 0.6 is 0 Å². The van der Waals surface area contributed by atoms with E-state index in [0.717, 1.165) is 25.9 Å². The highest BCUT2D eigenvalue weighted by Gasteiger charge is 2.31. The second-order valence-corrected chi connectivity index (χ2v) is 7.66. The molecule has 7 heteroatoms. The van der Waals surface area contributed by atoms with Gasteiger partial charge in [-0.05, 0) is 46.0 Å². The molecule has 0 spiro atoms. The van der Waals surface area contributed by atoms with E-state index in [-0.39, 0.29) is 17.5 Å². The van der Waals surface area contributed by atoms with Crippen molar-refractivity contribution in [2.45, 2.75) is 43.9 Å². The second kappa shape index (κ2) is 6.48. The summed E-state index contributed by atoms with van der Waals surface area (Å²) >= 11 is 0. The Morgan fingerprint density at radius 3 is 2.48 bits per heavy atom. The van der Waals surface area contributed by atoms with Crippen LogP contribution in [0.1, 0.15) is 25.5 Å².